The highest BCUT2D eigenvalue weighted by Gasteiger charge is 2.73. The second kappa shape index (κ2) is 16.6. The molecular formula is C49H75NO10. The second-order valence-corrected chi connectivity index (χ2v) is 21.8. The van der Waals surface area contributed by atoms with E-state index in [1.165, 1.54) is 17.6 Å². The molecule has 0 aromatic heterocycles. The van der Waals surface area contributed by atoms with Crippen LogP contribution in [0.1, 0.15) is 129 Å². The van der Waals surface area contributed by atoms with Crippen LogP contribution >= 0.6 is 0 Å². The molecule has 1 heterocycles. The zero-order chi connectivity index (χ0) is 42.9. The number of nitrogens with one attached hydrogen (secondary N) is 1. The monoisotopic (exact) mass is 838 g/mol. The third kappa shape index (κ3) is 6.89. The van der Waals surface area contributed by atoms with E-state index in [0.717, 1.165) is 69.9 Å². The van der Waals surface area contributed by atoms with Gasteiger partial charge < -0.3 is 50.2 Å². The van der Waals surface area contributed by atoms with Crippen molar-refractivity contribution in [3.05, 3.63) is 47.0 Å². The van der Waals surface area contributed by atoms with Crippen LogP contribution in [0, 0.1) is 56.2 Å². The number of carbonyl (C=O) groups is 1. The van der Waals surface area contributed by atoms with Crippen LogP contribution in [0.3, 0.4) is 0 Å². The summed E-state index contributed by atoms with van der Waals surface area (Å²) in [5.41, 5.74) is 0.918. The van der Waals surface area contributed by atoms with E-state index in [1.54, 1.807) is 0 Å². The lowest BCUT2D eigenvalue weighted by molar-refractivity contribution is -0.339. The van der Waals surface area contributed by atoms with Crippen molar-refractivity contribution in [1.29, 1.82) is 0 Å². The number of aliphatic hydroxyl groups is 5. The van der Waals surface area contributed by atoms with Gasteiger partial charge in [0.25, 0.3) is 0 Å². The van der Waals surface area contributed by atoms with Crippen LogP contribution in [0.15, 0.2) is 35.9 Å². The van der Waals surface area contributed by atoms with Crippen LogP contribution in [-0.4, -0.2) is 100 Å². The normalized spacial score (nSPS) is 47.0. The quantitative estimate of drug-likeness (QED) is 0.101. The Morgan fingerprint density at radius 2 is 1.55 bits per heavy atom. The van der Waals surface area contributed by atoms with Crippen molar-refractivity contribution in [3.63, 3.8) is 0 Å². The highest BCUT2D eigenvalue weighted by atomic mass is 16.7. The van der Waals surface area contributed by atoms with Crippen LogP contribution in [0.5, 0.6) is 0 Å². The van der Waals surface area contributed by atoms with E-state index < -0.39 is 53.6 Å². The van der Waals surface area contributed by atoms with Crippen molar-refractivity contribution in [3.8, 4) is 0 Å². The van der Waals surface area contributed by atoms with Crippen molar-refractivity contribution in [1.82, 2.24) is 5.32 Å². The largest absolute Gasteiger partial charge is 0.481 e. The molecule has 15 atom stereocenters. The summed E-state index contributed by atoms with van der Waals surface area (Å²) in [7, 11) is 1.93. The molecule has 11 heteroatoms. The number of hydrogen-bond donors (Lipinski definition) is 7. The first kappa shape index (κ1) is 44.7. The van der Waals surface area contributed by atoms with Crippen molar-refractivity contribution < 1.29 is 49.6 Å². The van der Waals surface area contributed by atoms with Crippen LogP contribution in [0.2, 0.25) is 0 Å². The third-order valence-electron chi connectivity index (χ3n) is 18.9. The molecule has 0 amide bonds. The Morgan fingerprint density at radius 1 is 0.850 bits per heavy atom. The van der Waals surface area contributed by atoms with Gasteiger partial charge in [0.2, 0.25) is 0 Å². The first-order valence-corrected chi connectivity index (χ1v) is 23.4. The Labute approximate surface area is 357 Å². The van der Waals surface area contributed by atoms with Gasteiger partial charge in [-0.25, -0.2) is 0 Å². The number of allylic oxidation sites excluding steroid dienone is 2. The Kier molecular flexibility index (Phi) is 12.3. The smallest absolute Gasteiger partial charge is 0.310 e. The Balaban J connectivity index is 1.23. The molecule has 60 heavy (non-hydrogen) atoms. The zero-order valence-corrected chi connectivity index (χ0v) is 36.9. The van der Waals surface area contributed by atoms with E-state index in [0.29, 0.717) is 38.2 Å². The van der Waals surface area contributed by atoms with Crippen LogP contribution in [0.4, 0.5) is 0 Å². The summed E-state index contributed by atoms with van der Waals surface area (Å²) in [4.78, 5) is 13.4. The van der Waals surface area contributed by atoms with E-state index in [9.17, 15) is 35.4 Å². The Bertz CT molecular complexity index is 1730. The molecule has 6 fully saturated rings. The van der Waals surface area contributed by atoms with Gasteiger partial charge in [-0.3, -0.25) is 4.79 Å². The predicted octanol–water partition coefficient (Wildman–Crippen LogP) is 6.12. The van der Waals surface area contributed by atoms with Crippen molar-refractivity contribution >= 4 is 5.97 Å². The first-order chi connectivity index (χ1) is 28.6. The SMILES string of the molecule is CNCc1ccc(CO[C@@H]2C[C@@]3(C4CCCCC4)[C@H](CC[C@]4(C)[C@@H]3CC=C3[C@@H]5C[C@@](C)(CO)CC[C@]5(C(=O)O)CC[C@]34C)[C@](C)(CO)[C@@H]2O[C@@H]2OC[C@@H](O)[C@H](O)[C@H]2O)cc1. The molecule has 0 bridgehead atoms. The number of ether oxygens (including phenoxy) is 3. The van der Waals surface area contributed by atoms with Gasteiger partial charge in [-0.05, 0) is 134 Å². The molecule has 1 aromatic carbocycles. The average Bonchev–Trinajstić information content (AvgIpc) is 3.24. The van der Waals surface area contributed by atoms with Crippen molar-refractivity contribution in [2.45, 2.75) is 168 Å². The van der Waals surface area contributed by atoms with Gasteiger partial charge in [-0.2, -0.15) is 0 Å². The number of aliphatic carboxylic acids is 1. The molecule has 336 valence electrons. The van der Waals surface area contributed by atoms with Gasteiger partial charge in [0, 0.05) is 18.6 Å². The standard InChI is InChI=1S/C49H75NO10/c1-44(28-51)19-21-48(43(56)57)22-20-46(3)33(34(48)23-44)15-16-38-47(46,4)18-17-37-45(2,29-52)41(60-42-40(55)39(54)35(53)27-59-42)36(24-49(37,38)32-9-7-6-8-10-32)58-26-31-13-11-30(12-14-31)25-50-5/h11-15,32,34-42,50-55H,6-10,16-29H2,1-5H3,(H,56,57)/t34-,35+,36+,37+,38-,39-,40+,41+,42-,44-,45-,46+,47+,48-,49+/m0/s1. The molecule has 1 saturated heterocycles. The summed E-state index contributed by atoms with van der Waals surface area (Å²) in [5, 5.41) is 69.0. The lowest BCUT2D eigenvalue weighted by Crippen LogP contribution is -2.71. The number of carboxylic acids is 1. The molecule has 7 N–H and O–H groups in total. The maximum Gasteiger partial charge on any atom is 0.310 e. The fourth-order valence-corrected chi connectivity index (χ4v) is 15.3. The average molecular weight is 838 g/mol. The third-order valence-corrected chi connectivity index (χ3v) is 18.9. The van der Waals surface area contributed by atoms with Gasteiger partial charge >= 0.3 is 5.97 Å². The highest BCUT2D eigenvalue weighted by Crippen LogP contribution is 2.78. The molecule has 8 rings (SSSR count). The minimum Gasteiger partial charge on any atom is -0.481 e. The molecule has 7 aliphatic rings. The van der Waals surface area contributed by atoms with E-state index in [2.05, 4.69) is 63.4 Å². The van der Waals surface area contributed by atoms with E-state index in [-0.39, 0.29) is 59.2 Å². The van der Waals surface area contributed by atoms with Crippen LogP contribution < -0.4 is 5.32 Å². The lowest BCUT2D eigenvalue weighted by Gasteiger charge is -2.74. The molecule has 0 unspecified atom stereocenters. The van der Waals surface area contributed by atoms with E-state index in [1.807, 2.05) is 7.05 Å². The van der Waals surface area contributed by atoms with Crippen LogP contribution in [-0.2, 0) is 32.2 Å². The predicted molar refractivity (Wildman–Crippen MR) is 226 cm³/mol. The number of carboxylic acid groups (broad SMARTS) is 1. The fraction of sp³-hybridized carbons (Fsp3) is 0.816. The summed E-state index contributed by atoms with van der Waals surface area (Å²) in [6.07, 6.45) is 8.46. The van der Waals surface area contributed by atoms with Gasteiger partial charge in [0.15, 0.2) is 6.29 Å². The highest BCUT2D eigenvalue weighted by molar-refractivity contribution is 5.76. The lowest BCUT2D eigenvalue weighted by atomic mass is 9.31. The minimum atomic E-state index is -1.48. The topological polar surface area (TPSA) is 178 Å². The summed E-state index contributed by atoms with van der Waals surface area (Å²) >= 11 is 0. The molecule has 0 spiro atoms. The summed E-state index contributed by atoms with van der Waals surface area (Å²) in [6, 6.07) is 8.42. The van der Waals surface area contributed by atoms with E-state index in [4.69, 9.17) is 14.2 Å². The number of rotatable bonds is 11. The summed E-state index contributed by atoms with van der Waals surface area (Å²) < 4.78 is 19.9. The van der Waals surface area contributed by atoms with Gasteiger partial charge in [-0.15, -0.1) is 0 Å². The Hall–Kier alpha value is -1.93. The Morgan fingerprint density at radius 3 is 2.22 bits per heavy atom. The number of aliphatic hydroxyl groups excluding tert-OH is 5. The van der Waals surface area contributed by atoms with Gasteiger partial charge in [0.05, 0.1) is 37.4 Å². The molecule has 1 aliphatic heterocycles. The number of fused-ring (bicyclic) bond motifs is 7. The van der Waals surface area contributed by atoms with Crippen molar-refractivity contribution in [2.75, 3.05) is 26.9 Å². The number of benzene rings is 1. The molecular weight excluding hydrogens is 763 g/mol. The van der Waals surface area contributed by atoms with Gasteiger partial charge in [-0.1, -0.05) is 82.9 Å². The molecule has 6 aliphatic carbocycles. The van der Waals surface area contributed by atoms with Crippen LogP contribution in [0.25, 0.3) is 0 Å². The second-order valence-electron chi connectivity index (χ2n) is 21.8. The van der Waals surface area contributed by atoms with Gasteiger partial charge in [0.1, 0.15) is 18.3 Å². The van der Waals surface area contributed by atoms with E-state index >= 15 is 0 Å². The number of hydrogen-bond acceptors (Lipinski definition) is 10. The molecule has 11 nitrogen and oxygen atoms in total. The molecule has 5 saturated carbocycles. The maximum absolute atomic E-state index is 13.4. The zero-order valence-electron chi connectivity index (χ0n) is 36.9. The minimum absolute atomic E-state index is 0.0470. The molecule has 1 aromatic rings. The molecule has 0 radical (unpaired) electrons. The first-order valence-electron chi connectivity index (χ1n) is 23.4. The maximum atomic E-state index is 13.4. The fourth-order valence-electron chi connectivity index (χ4n) is 15.3. The summed E-state index contributed by atoms with van der Waals surface area (Å²) in [5.74, 6) is -0.142. The van der Waals surface area contributed by atoms with Crippen molar-refractivity contribution in [2.24, 2.45) is 56.2 Å². The summed E-state index contributed by atoms with van der Waals surface area (Å²) in [6.45, 7) is 10.1.